The second kappa shape index (κ2) is 7.74. The van der Waals surface area contributed by atoms with E-state index < -0.39 is 0 Å². The van der Waals surface area contributed by atoms with Gasteiger partial charge in [0.05, 0.1) is 11.3 Å². The molecule has 3 heteroatoms. The van der Waals surface area contributed by atoms with Gasteiger partial charge in [-0.15, -0.1) is 11.3 Å². The Hall–Kier alpha value is -2.96. The van der Waals surface area contributed by atoms with E-state index in [0.717, 1.165) is 21.8 Å². The van der Waals surface area contributed by atoms with Crippen LogP contribution in [0.1, 0.15) is 21.7 Å². The van der Waals surface area contributed by atoms with E-state index in [4.69, 9.17) is 0 Å². The molecule has 2 nitrogen and oxygen atoms in total. The second-order valence-corrected chi connectivity index (χ2v) is 6.68. The fourth-order valence-electron chi connectivity index (χ4n) is 2.60. The minimum Gasteiger partial charge on any atom is -0.235 e. The first-order valence-corrected chi connectivity index (χ1v) is 8.92. The fraction of sp³-hybridized carbons (Fsp3) is 0.0909. The van der Waals surface area contributed by atoms with Crippen LogP contribution in [-0.4, -0.2) is 4.98 Å². The van der Waals surface area contributed by atoms with E-state index in [1.807, 2.05) is 53.9 Å². The molecule has 122 valence electrons. The molecule has 0 aliphatic carbocycles. The topological polar surface area (TPSA) is 36.7 Å². The van der Waals surface area contributed by atoms with Gasteiger partial charge in [-0.3, -0.25) is 0 Å². The van der Waals surface area contributed by atoms with Gasteiger partial charge < -0.3 is 0 Å². The number of hydrogen-bond acceptors (Lipinski definition) is 3. The van der Waals surface area contributed by atoms with Crippen molar-refractivity contribution >= 4 is 23.0 Å². The largest absolute Gasteiger partial charge is 0.235 e. The monoisotopic (exact) mass is 342 g/mol. The summed E-state index contributed by atoms with van der Waals surface area (Å²) in [7, 11) is 0. The molecule has 3 rings (SSSR count). The van der Waals surface area contributed by atoms with Crippen molar-refractivity contribution in [1.82, 2.24) is 4.98 Å². The van der Waals surface area contributed by atoms with Gasteiger partial charge in [0.25, 0.3) is 0 Å². The van der Waals surface area contributed by atoms with Crippen LogP contribution in [0.15, 0.2) is 66.1 Å². The van der Waals surface area contributed by atoms with Gasteiger partial charge in [0.2, 0.25) is 0 Å². The quantitative estimate of drug-likeness (QED) is 0.427. The number of nitrogens with zero attached hydrogens (tertiary/aromatic N) is 2. The Bertz CT molecular complexity index is 973. The van der Waals surface area contributed by atoms with E-state index in [-0.39, 0.29) is 0 Å². The zero-order valence-electron chi connectivity index (χ0n) is 14.2. The lowest BCUT2D eigenvalue weighted by molar-refractivity contribution is 1.32. The first-order valence-electron chi connectivity index (χ1n) is 8.04. The number of hydrogen-bond donors (Lipinski definition) is 0. The number of aromatic nitrogens is 1. The number of aryl methyl sites for hydroxylation is 2. The van der Waals surface area contributed by atoms with Crippen LogP contribution in [0.2, 0.25) is 0 Å². The Morgan fingerprint density at radius 3 is 2.64 bits per heavy atom. The molecule has 0 spiro atoms. The summed E-state index contributed by atoms with van der Waals surface area (Å²) in [5, 5.41) is 12.2. The third-order valence-electron chi connectivity index (χ3n) is 3.86. The molecule has 0 aliphatic rings. The molecule has 1 heterocycles. The third-order valence-corrected chi connectivity index (χ3v) is 4.74. The summed E-state index contributed by atoms with van der Waals surface area (Å²) in [4.78, 5) is 4.66. The highest BCUT2D eigenvalue weighted by Gasteiger charge is 2.10. The van der Waals surface area contributed by atoms with Crippen molar-refractivity contribution < 1.29 is 0 Å². The summed E-state index contributed by atoms with van der Waals surface area (Å²) in [5.74, 6) is 0. The molecular formula is C22H18N2S. The molecule has 0 N–H and O–H groups in total. The number of nitriles is 1. The third kappa shape index (κ3) is 4.12. The van der Waals surface area contributed by atoms with E-state index in [9.17, 15) is 5.26 Å². The van der Waals surface area contributed by atoms with Crippen molar-refractivity contribution in [3.8, 4) is 17.3 Å². The Morgan fingerprint density at radius 2 is 1.92 bits per heavy atom. The van der Waals surface area contributed by atoms with E-state index in [2.05, 4.69) is 43.1 Å². The van der Waals surface area contributed by atoms with Crippen LogP contribution in [0, 0.1) is 25.2 Å². The Balaban J connectivity index is 1.85. The lowest BCUT2D eigenvalue weighted by Crippen LogP contribution is -1.86. The van der Waals surface area contributed by atoms with Gasteiger partial charge in [-0.1, -0.05) is 66.2 Å². The van der Waals surface area contributed by atoms with E-state index in [1.54, 1.807) is 0 Å². The number of benzene rings is 2. The molecule has 0 saturated carbocycles. The highest BCUT2D eigenvalue weighted by atomic mass is 32.1. The normalized spacial score (nSPS) is 11.6. The predicted molar refractivity (Wildman–Crippen MR) is 106 cm³/mol. The molecule has 0 bridgehead atoms. The number of thiazole rings is 1. The molecule has 0 saturated heterocycles. The standard InChI is InChI=1S/C22H18N2S/c1-16-11-12-20(17(2)13-16)21-15-25-22(24-21)19(14-23)10-6-9-18-7-4-3-5-8-18/h3-13,15H,1-2H3. The maximum Gasteiger partial charge on any atom is 0.134 e. The van der Waals surface area contributed by atoms with Crippen molar-refractivity contribution in [3.05, 3.63) is 87.8 Å². The number of allylic oxidation sites excluding steroid dienone is 3. The molecule has 3 aromatic rings. The molecule has 25 heavy (non-hydrogen) atoms. The van der Waals surface area contributed by atoms with Crippen molar-refractivity contribution in [2.75, 3.05) is 0 Å². The molecule has 0 unspecified atom stereocenters. The van der Waals surface area contributed by atoms with Crippen molar-refractivity contribution in [1.29, 1.82) is 5.26 Å². The van der Waals surface area contributed by atoms with Gasteiger partial charge >= 0.3 is 0 Å². The lowest BCUT2D eigenvalue weighted by Gasteiger charge is -2.03. The molecule has 0 radical (unpaired) electrons. The van der Waals surface area contributed by atoms with E-state index >= 15 is 0 Å². The smallest absolute Gasteiger partial charge is 0.134 e. The molecule has 0 fully saturated rings. The second-order valence-electron chi connectivity index (χ2n) is 5.82. The summed E-state index contributed by atoms with van der Waals surface area (Å²) < 4.78 is 0. The minimum absolute atomic E-state index is 0.577. The van der Waals surface area contributed by atoms with Crippen LogP contribution in [-0.2, 0) is 0 Å². The predicted octanol–water partition coefficient (Wildman–Crippen LogP) is 6.05. The Morgan fingerprint density at radius 1 is 1.12 bits per heavy atom. The van der Waals surface area contributed by atoms with Gasteiger partial charge in [-0.25, -0.2) is 4.98 Å². The highest BCUT2D eigenvalue weighted by molar-refractivity contribution is 7.11. The van der Waals surface area contributed by atoms with Gasteiger partial charge in [0, 0.05) is 10.9 Å². The van der Waals surface area contributed by atoms with E-state index in [0.29, 0.717) is 5.57 Å². The number of rotatable bonds is 4. The summed E-state index contributed by atoms with van der Waals surface area (Å²) >= 11 is 1.50. The fourth-order valence-corrected chi connectivity index (χ4v) is 3.39. The van der Waals surface area contributed by atoms with Crippen molar-refractivity contribution in [3.63, 3.8) is 0 Å². The van der Waals surface area contributed by atoms with Crippen LogP contribution >= 0.6 is 11.3 Å². The first kappa shape index (κ1) is 16.9. The van der Waals surface area contributed by atoms with Crippen LogP contribution < -0.4 is 0 Å². The Labute approximate surface area is 152 Å². The van der Waals surface area contributed by atoms with Gasteiger partial charge in [-0.05, 0) is 31.1 Å². The van der Waals surface area contributed by atoms with Gasteiger partial charge in [0.15, 0.2) is 0 Å². The highest BCUT2D eigenvalue weighted by Crippen LogP contribution is 2.28. The molecule has 1 aromatic heterocycles. The summed E-state index contributed by atoms with van der Waals surface area (Å²) in [6.45, 7) is 4.17. The van der Waals surface area contributed by atoms with Crippen LogP contribution in [0.4, 0.5) is 0 Å². The van der Waals surface area contributed by atoms with Crippen molar-refractivity contribution in [2.45, 2.75) is 13.8 Å². The van der Waals surface area contributed by atoms with Crippen LogP contribution in [0.5, 0.6) is 0 Å². The van der Waals surface area contributed by atoms with Crippen LogP contribution in [0.25, 0.3) is 22.9 Å². The Kier molecular flexibility index (Phi) is 5.23. The molecule has 0 aliphatic heterocycles. The molecule has 2 aromatic carbocycles. The summed E-state index contributed by atoms with van der Waals surface area (Å²) in [6, 6.07) is 18.6. The maximum absolute atomic E-state index is 9.46. The van der Waals surface area contributed by atoms with Gasteiger partial charge in [0.1, 0.15) is 11.1 Å². The SMILES string of the molecule is Cc1ccc(-c2csc(C(C#N)=CC=Cc3ccccc3)n2)c(C)c1. The minimum atomic E-state index is 0.577. The zero-order valence-corrected chi connectivity index (χ0v) is 15.0. The first-order chi connectivity index (χ1) is 12.2. The summed E-state index contributed by atoms with van der Waals surface area (Å²) in [5.41, 5.74) is 6.15. The molecule has 0 amide bonds. The van der Waals surface area contributed by atoms with Crippen molar-refractivity contribution in [2.24, 2.45) is 0 Å². The lowest BCUT2D eigenvalue weighted by atomic mass is 10.0. The van der Waals surface area contributed by atoms with E-state index in [1.165, 1.54) is 22.5 Å². The van der Waals surface area contributed by atoms with Crippen LogP contribution in [0.3, 0.4) is 0 Å². The average molecular weight is 342 g/mol. The summed E-state index contributed by atoms with van der Waals surface area (Å²) in [6.07, 6.45) is 5.69. The average Bonchev–Trinajstić information content (AvgIpc) is 3.09. The maximum atomic E-state index is 9.46. The zero-order chi connectivity index (χ0) is 17.6. The molecule has 0 atom stereocenters. The van der Waals surface area contributed by atoms with Gasteiger partial charge in [-0.2, -0.15) is 5.26 Å². The molecular weight excluding hydrogens is 324 g/mol.